The Kier molecular flexibility index (Phi) is 4.47. The first-order valence-electron chi connectivity index (χ1n) is 6.71. The lowest BCUT2D eigenvalue weighted by molar-refractivity contribution is 0.174. The molecule has 6 nitrogen and oxygen atoms in total. The SMILES string of the molecule is COc1ccc(S(=O)(=O)NCc2ccc3c(c2)OCO3)cc1Br. The largest absolute Gasteiger partial charge is 0.496 e. The average Bonchev–Trinajstić information content (AvgIpc) is 3.00. The van der Waals surface area contributed by atoms with E-state index in [-0.39, 0.29) is 18.2 Å². The summed E-state index contributed by atoms with van der Waals surface area (Å²) in [5.41, 5.74) is 0.783. The molecule has 2 aromatic carbocycles. The van der Waals surface area contributed by atoms with E-state index in [1.165, 1.54) is 19.2 Å². The monoisotopic (exact) mass is 399 g/mol. The van der Waals surface area contributed by atoms with E-state index >= 15 is 0 Å². The van der Waals surface area contributed by atoms with Crippen LogP contribution in [0.1, 0.15) is 5.56 Å². The van der Waals surface area contributed by atoms with Crippen molar-refractivity contribution in [1.29, 1.82) is 0 Å². The number of hydrogen-bond acceptors (Lipinski definition) is 5. The highest BCUT2D eigenvalue weighted by Gasteiger charge is 2.17. The van der Waals surface area contributed by atoms with Crippen molar-refractivity contribution in [2.75, 3.05) is 13.9 Å². The fraction of sp³-hybridized carbons (Fsp3) is 0.200. The standard InChI is InChI=1S/C15H14BrNO5S/c1-20-13-5-3-11(7-12(13)16)23(18,19)17-8-10-2-4-14-15(6-10)22-9-21-14/h2-7,17H,8-9H2,1H3. The molecule has 0 atom stereocenters. The van der Waals surface area contributed by atoms with Crippen molar-refractivity contribution in [3.05, 3.63) is 46.4 Å². The number of benzene rings is 2. The van der Waals surface area contributed by atoms with Crippen LogP contribution in [0, 0.1) is 0 Å². The Labute approximate surface area is 142 Å². The van der Waals surface area contributed by atoms with Gasteiger partial charge in [0.2, 0.25) is 16.8 Å². The zero-order valence-corrected chi connectivity index (χ0v) is 14.6. The van der Waals surface area contributed by atoms with E-state index in [1.807, 2.05) is 0 Å². The molecule has 8 heteroatoms. The lowest BCUT2D eigenvalue weighted by Crippen LogP contribution is -2.23. The van der Waals surface area contributed by atoms with Gasteiger partial charge in [-0.1, -0.05) is 6.07 Å². The molecule has 2 aromatic rings. The van der Waals surface area contributed by atoms with E-state index in [9.17, 15) is 8.42 Å². The fourth-order valence-corrected chi connectivity index (χ4v) is 3.86. The Morgan fingerprint density at radius 1 is 1.17 bits per heavy atom. The van der Waals surface area contributed by atoms with E-state index in [4.69, 9.17) is 14.2 Å². The third-order valence-electron chi connectivity index (χ3n) is 3.34. The second-order valence-electron chi connectivity index (χ2n) is 4.81. The highest BCUT2D eigenvalue weighted by atomic mass is 79.9. The molecule has 0 amide bonds. The maximum absolute atomic E-state index is 12.4. The maximum Gasteiger partial charge on any atom is 0.240 e. The first-order chi connectivity index (χ1) is 11.0. The van der Waals surface area contributed by atoms with Gasteiger partial charge >= 0.3 is 0 Å². The summed E-state index contributed by atoms with van der Waals surface area (Å²) in [6, 6.07) is 9.90. The van der Waals surface area contributed by atoms with Gasteiger partial charge < -0.3 is 14.2 Å². The highest BCUT2D eigenvalue weighted by Crippen LogP contribution is 2.32. The Morgan fingerprint density at radius 2 is 1.96 bits per heavy atom. The summed E-state index contributed by atoms with van der Waals surface area (Å²) in [7, 11) is -2.11. The first kappa shape index (κ1) is 16.1. The van der Waals surface area contributed by atoms with Gasteiger partial charge in [-0.2, -0.15) is 0 Å². The minimum atomic E-state index is -3.63. The van der Waals surface area contributed by atoms with E-state index in [0.29, 0.717) is 21.7 Å². The van der Waals surface area contributed by atoms with E-state index in [1.54, 1.807) is 24.3 Å². The number of nitrogens with one attached hydrogen (secondary N) is 1. The number of sulfonamides is 1. The quantitative estimate of drug-likeness (QED) is 0.836. The fourth-order valence-electron chi connectivity index (χ4n) is 2.13. The molecule has 0 saturated heterocycles. The van der Waals surface area contributed by atoms with Gasteiger partial charge in [0.25, 0.3) is 0 Å². The molecule has 0 saturated carbocycles. The molecule has 0 aromatic heterocycles. The van der Waals surface area contributed by atoms with Gasteiger partial charge in [0, 0.05) is 6.54 Å². The van der Waals surface area contributed by atoms with Crippen LogP contribution in [0.4, 0.5) is 0 Å². The predicted octanol–water partition coefficient (Wildman–Crippen LogP) is 2.66. The van der Waals surface area contributed by atoms with Crippen LogP contribution in [-0.4, -0.2) is 22.3 Å². The summed E-state index contributed by atoms with van der Waals surface area (Å²) in [5, 5.41) is 0. The van der Waals surface area contributed by atoms with Gasteiger partial charge in [0.1, 0.15) is 5.75 Å². The van der Waals surface area contributed by atoms with Crippen molar-refractivity contribution in [2.45, 2.75) is 11.4 Å². The Hall–Kier alpha value is -1.77. The van der Waals surface area contributed by atoms with Crippen molar-refractivity contribution in [1.82, 2.24) is 4.72 Å². The Morgan fingerprint density at radius 3 is 2.70 bits per heavy atom. The zero-order valence-electron chi connectivity index (χ0n) is 12.2. The molecule has 122 valence electrons. The summed E-state index contributed by atoms with van der Waals surface area (Å²) in [6.07, 6.45) is 0. The van der Waals surface area contributed by atoms with Gasteiger partial charge in [0.15, 0.2) is 11.5 Å². The Balaban J connectivity index is 1.75. The molecule has 0 aliphatic carbocycles. The number of hydrogen-bond donors (Lipinski definition) is 1. The topological polar surface area (TPSA) is 73.9 Å². The number of halogens is 1. The second-order valence-corrected chi connectivity index (χ2v) is 7.43. The molecule has 0 unspecified atom stereocenters. The van der Waals surface area contributed by atoms with Gasteiger partial charge in [-0.3, -0.25) is 0 Å². The molecule has 23 heavy (non-hydrogen) atoms. The minimum absolute atomic E-state index is 0.155. The Bertz CT molecular complexity index is 838. The van der Waals surface area contributed by atoms with Gasteiger partial charge in [0.05, 0.1) is 16.5 Å². The molecule has 0 fully saturated rings. The molecule has 3 rings (SSSR count). The lowest BCUT2D eigenvalue weighted by atomic mass is 10.2. The minimum Gasteiger partial charge on any atom is -0.496 e. The molecule has 0 spiro atoms. The van der Waals surface area contributed by atoms with Gasteiger partial charge in [-0.05, 0) is 51.8 Å². The van der Waals surface area contributed by atoms with Crippen molar-refractivity contribution >= 4 is 26.0 Å². The van der Waals surface area contributed by atoms with Crippen molar-refractivity contribution in [3.63, 3.8) is 0 Å². The number of ether oxygens (including phenoxy) is 3. The third-order valence-corrected chi connectivity index (χ3v) is 5.36. The molecule has 0 bridgehead atoms. The molecule has 1 aliphatic rings. The number of rotatable bonds is 5. The van der Waals surface area contributed by atoms with Crippen molar-refractivity contribution in [3.8, 4) is 17.2 Å². The second kappa shape index (κ2) is 6.38. The van der Waals surface area contributed by atoms with E-state index < -0.39 is 10.0 Å². The number of fused-ring (bicyclic) bond motifs is 1. The van der Waals surface area contributed by atoms with Crippen LogP contribution in [0.25, 0.3) is 0 Å². The van der Waals surface area contributed by atoms with Crippen molar-refractivity contribution in [2.24, 2.45) is 0 Å². The van der Waals surface area contributed by atoms with Crippen LogP contribution in [0.3, 0.4) is 0 Å². The van der Waals surface area contributed by atoms with Crippen LogP contribution in [0.5, 0.6) is 17.2 Å². The summed E-state index contributed by atoms with van der Waals surface area (Å²) in [4.78, 5) is 0.158. The molecular weight excluding hydrogens is 386 g/mol. The molecular formula is C15H14BrNO5S. The average molecular weight is 400 g/mol. The van der Waals surface area contributed by atoms with Crippen LogP contribution in [-0.2, 0) is 16.6 Å². The lowest BCUT2D eigenvalue weighted by Gasteiger charge is -2.09. The van der Waals surface area contributed by atoms with Crippen LogP contribution >= 0.6 is 15.9 Å². The summed E-state index contributed by atoms with van der Waals surface area (Å²) in [5.74, 6) is 1.85. The first-order valence-corrected chi connectivity index (χ1v) is 8.99. The summed E-state index contributed by atoms with van der Waals surface area (Å²) < 4.78 is 43.5. The van der Waals surface area contributed by atoms with E-state index in [0.717, 1.165) is 5.56 Å². The summed E-state index contributed by atoms with van der Waals surface area (Å²) >= 11 is 3.28. The maximum atomic E-state index is 12.4. The summed E-state index contributed by atoms with van der Waals surface area (Å²) in [6.45, 7) is 0.340. The molecule has 1 aliphatic heterocycles. The zero-order chi connectivity index (χ0) is 16.4. The highest BCUT2D eigenvalue weighted by molar-refractivity contribution is 9.10. The van der Waals surface area contributed by atoms with Gasteiger partial charge in [-0.15, -0.1) is 0 Å². The van der Waals surface area contributed by atoms with Crippen LogP contribution in [0.15, 0.2) is 45.8 Å². The van der Waals surface area contributed by atoms with Crippen molar-refractivity contribution < 1.29 is 22.6 Å². The van der Waals surface area contributed by atoms with Gasteiger partial charge in [-0.25, -0.2) is 13.1 Å². The third kappa shape index (κ3) is 3.44. The molecule has 1 N–H and O–H groups in total. The van der Waals surface area contributed by atoms with Crippen LogP contribution in [0.2, 0.25) is 0 Å². The molecule has 1 heterocycles. The molecule has 0 radical (unpaired) electrons. The number of methoxy groups -OCH3 is 1. The smallest absolute Gasteiger partial charge is 0.240 e. The van der Waals surface area contributed by atoms with Crippen LogP contribution < -0.4 is 18.9 Å². The normalized spacial score (nSPS) is 13.1. The predicted molar refractivity (Wildman–Crippen MR) is 87.3 cm³/mol. The van der Waals surface area contributed by atoms with E-state index in [2.05, 4.69) is 20.7 Å².